The Kier molecular flexibility index (Phi) is 6.54. The van der Waals surface area contributed by atoms with Gasteiger partial charge in [-0.1, -0.05) is 0 Å². The van der Waals surface area contributed by atoms with E-state index in [1.165, 1.54) is 0 Å². The molecule has 0 aromatic heterocycles. The minimum Gasteiger partial charge on any atom is -0.479 e. The largest absolute Gasteiger partial charge is 0.479 e. The van der Waals surface area contributed by atoms with Gasteiger partial charge in [0, 0.05) is 13.1 Å². The van der Waals surface area contributed by atoms with Gasteiger partial charge in [0.05, 0.1) is 25.9 Å². The number of amides is 2. The van der Waals surface area contributed by atoms with Crippen molar-refractivity contribution in [1.82, 2.24) is 10.2 Å². The number of rotatable bonds is 6. The molecule has 8 heteroatoms. The Labute approximate surface area is 111 Å². The number of likely N-dealkylation sites (tertiary alicyclic amines) is 1. The van der Waals surface area contributed by atoms with Crippen LogP contribution in [-0.2, 0) is 9.53 Å². The summed E-state index contributed by atoms with van der Waals surface area (Å²) in [5.41, 5.74) is 0. The highest BCUT2D eigenvalue weighted by molar-refractivity contribution is 5.76. The molecule has 0 aromatic rings. The summed E-state index contributed by atoms with van der Waals surface area (Å²) in [6.45, 7) is 0.973. The molecule has 0 saturated carbocycles. The van der Waals surface area contributed by atoms with Gasteiger partial charge in [0.2, 0.25) is 0 Å². The van der Waals surface area contributed by atoms with Gasteiger partial charge >= 0.3 is 12.0 Å². The molecule has 0 bridgehead atoms. The zero-order valence-electron chi connectivity index (χ0n) is 10.6. The van der Waals surface area contributed by atoms with Gasteiger partial charge in [-0.3, -0.25) is 0 Å². The molecule has 0 aromatic carbocycles. The van der Waals surface area contributed by atoms with Crippen molar-refractivity contribution in [3.05, 3.63) is 0 Å². The molecular weight excluding hydrogens is 256 g/mol. The number of carbonyl (C=O) groups excluding carboxylic acids is 1. The van der Waals surface area contributed by atoms with E-state index in [1.54, 1.807) is 4.90 Å². The molecule has 8 nitrogen and oxygen atoms in total. The lowest BCUT2D eigenvalue weighted by atomic mass is 10.1. The van der Waals surface area contributed by atoms with Crippen molar-refractivity contribution in [2.24, 2.45) is 0 Å². The van der Waals surface area contributed by atoms with E-state index in [-0.39, 0.29) is 25.3 Å². The molecule has 0 unspecified atom stereocenters. The third-order valence-corrected chi connectivity index (χ3v) is 2.91. The quantitative estimate of drug-likeness (QED) is 0.474. The van der Waals surface area contributed by atoms with Crippen LogP contribution in [0.15, 0.2) is 0 Å². The van der Waals surface area contributed by atoms with Crippen LogP contribution in [0, 0.1) is 0 Å². The SMILES string of the molecule is O=C(O)[C@@H](O)CNC(=O)N1CCC(OCCO)CC1. The van der Waals surface area contributed by atoms with Crippen LogP contribution in [0.25, 0.3) is 0 Å². The number of hydrogen-bond donors (Lipinski definition) is 4. The monoisotopic (exact) mass is 276 g/mol. The highest BCUT2D eigenvalue weighted by Gasteiger charge is 2.24. The second-order valence-corrected chi connectivity index (χ2v) is 4.32. The lowest BCUT2D eigenvalue weighted by Gasteiger charge is -2.32. The summed E-state index contributed by atoms with van der Waals surface area (Å²) in [5.74, 6) is -1.36. The highest BCUT2D eigenvalue weighted by Crippen LogP contribution is 2.13. The number of nitrogens with zero attached hydrogens (tertiary/aromatic N) is 1. The molecule has 1 saturated heterocycles. The maximum Gasteiger partial charge on any atom is 0.334 e. The maximum atomic E-state index is 11.7. The average molecular weight is 276 g/mol. The van der Waals surface area contributed by atoms with Gasteiger partial charge in [0.25, 0.3) is 0 Å². The molecule has 0 spiro atoms. The summed E-state index contributed by atoms with van der Waals surface area (Å²) in [4.78, 5) is 23.6. The molecule has 110 valence electrons. The smallest absolute Gasteiger partial charge is 0.334 e. The Bertz CT molecular complexity index is 304. The van der Waals surface area contributed by atoms with Gasteiger partial charge < -0.3 is 30.3 Å². The molecule has 4 N–H and O–H groups in total. The van der Waals surface area contributed by atoms with Crippen LogP contribution in [0.2, 0.25) is 0 Å². The number of carbonyl (C=O) groups is 2. The standard InChI is InChI=1S/C11H20N2O6/c14-5-6-19-8-1-3-13(4-2-8)11(18)12-7-9(15)10(16)17/h8-9,14-15H,1-7H2,(H,12,18)(H,16,17)/t9-/m0/s1. The maximum absolute atomic E-state index is 11.7. The van der Waals surface area contributed by atoms with Gasteiger partial charge in [0.1, 0.15) is 0 Å². The van der Waals surface area contributed by atoms with Crippen molar-refractivity contribution in [2.45, 2.75) is 25.0 Å². The topological polar surface area (TPSA) is 119 Å². The Morgan fingerprint density at radius 1 is 1.37 bits per heavy atom. The molecule has 1 fully saturated rings. The minimum atomic E-state index is -1.59. The van der Waals surface area contributed by atoms with E-state index in [0.717, 1.165) is 0 Å². The van der Waals surface area contributed by atoms with Gasteiger partial charge in [-0.05, 0) is 12.8 Å². The van der Waals surface area contributed by atoms with E-state index in [0.29, 0.717) is 32.5 Å². The molecular formula is C11H20N2O6. The van der Waals surface area contributed by atoms with Crippen LogP contribution in [0.5, 0.6) is 0 Å². The number of aliphatic hydroxyl groups is 2. The van der Waals surface area contributed by atoms with Crippen molar-refractivity contribution < 1.29 is 29.6 Å². The lowest BCUT2D eigenvalue weighted by Crippen LogP contribution is -2.48. The van der Waals surface area contributed by atoms with Crippen LogP contribution in [0.3, 0.4) is 0 Å². The zero-order chi connectivity index (χ0) is 14.3. The molecule has 1 rings (SSSR count). The van der Waals surface area contributed by atoms with E-state index in [4.69, 9.17) is 20.1 Å². The predicted octanol–water partition coefficient (Wildman–Crippen LogP) is -1.39. The zero-order valence-corrected chi connectivity index (χ0v) is 10.6. The van der Waals surface area contributed by atoms with E-state index >= 15 is 0 Å². The first-order valence-electron chi connectivity index (χ1n) is 6.20. The Hall–Kier alpha value is -1.38. The van der Waals surface area contributed by atoms with Gasteiger partial charge in [0.15, 0.2) is 6.10 Å². The number of nitrogens with one attached hydrogen (secondary N) is 1. The molecule has 0 radical (unpaired) electrons. The van der Waals surface area contributed by atoms with Crippen LogP contribution in [0.1, 0.15) is 12.8 Å². The molecule has 0 aliphatic carbocycles. The third kappa shape index (κ3) is 5.41. The fourth-order valence-corrected chi connectivity index (χ4v) is 1.83. The van der Waals surface area contributed by atoms with Crippen LogP contribution in [0.4, 0.5) is 4.79 Å². The second kappa shape index (κ2) is 7.93. The summed E-state index contributed by atoms with van der Waals surface area (Å²) in [6, 6.07) is -0.388. The molecule has 1 atom stereocenters. The van der Waals surface area contributed by atoms with Crippen LogP contribution >= 0.6 is 0 Å². The number of ether oxygens (including phenoxy) is 1. The van der Waals surface area contributed by atoms with Crippen LogP contribution < -0.4 is 5.32 Å². The van der Waals surface area contributed by atoms with Gasteiger partial charge in [-0.15, -0.1) is 0 Å². The molecule has 19 heavy (non-hydrogen) atoms. The highest BCUT2D eigenvalue weighted by atomic mass is 16.5. The predicted molar refractivity (Wildman–Crippen MR) is 64.7 cm³/mol. The first kappa shape index (κ1) is 15.7. The van der Waals surface area contributed by atoms with E-state index in [1.807, 2.05) is 0 Å². The first-order chi connectivity index (χ1) is 9.04. The third-order valence-electron chi connectivity index (χ3n) is 2.91. The van der Waals surface area contributed by atoms with Crippen molar-refractivity contribution in [2.75, 3.05) is 32.8 Å². The summed E-state index contributed by atoms with van der Waals surface area (Å²) >= 11 is 0. The number of aliphatic carboxylic acids is 1. The van der Waals surface area contributed by atoms with Gasteiger partial charge in [-0.25, -0.2) is 9.59 Å². The number of piperidine rings is 1. The molecule has 2 amide bonds. The van der Waals surface area contributed by atoms with Crippen molar-refractivity contribution in [3.63, 3.8) is 0 Å². The van der Waals surface area contributed by atoms with E-state index in [2.05, 4.69) is 5.32 Å². The summed E-state index contributed by atoms with van der Waals surface area (Å²) in [7, 11) is 0. The van der Waals surface area contributed by atoms with Crippen molar-refractivity contribution in [1.29, 1.82) is 0 Å². The number of aliphatic hydroxyl groups excluding tert-OH is 2. The molecule has 1 aliphatic rings. The van der Waals surface area contributed by atoms with Crippen molar-refractivity contribution >= 4 is 12.0 Å². The van der Waals surface area contributed by atoms with Crippen molar-refractivity contribution in [3.8, 4) is 0 Å². The summed E-state index contributed by atoms with van der Waals surface area (Å²) in [5, 5.41) is 28.5. The minimum absolute atomic E-state index is 0.0201. The molecule has 1 aliphatic heterocycles. The summed E-state index contributed by atoms with van der Waals surface area (Å²) < 4.78 is 5.36. The van der Waals surface area contributed by atoms with E-state index < -0.39 is 12.1 Å². The average Bonchev–Trinajstić information content (AvgIpc) is 2.42. The number of carboxylic acid groups (broad SMARTS) is 1. The number of carboxylic acids is 1. The summed E-state index contributed by atoms with van der Waals surface area (Å²) in [6.07, 6.45) is -0.195. The van der Waals surface area contributed by atoms with Crippen LogP contribution in [-0.4, -0.2) is 77.3 Å². The second-order valence-electron chi connectivity index (χ2n) is 4.32. The number of urea groups is 1. The fraction of sp³-hybridized carbons (Fsp3) is 0.818. The number of hydrogen-bond acceptors (Lipinski definition) is 5. The molecule has 1 heterocycles. The van der Waals surface area contributed by atoms with Gasteiger partial charge in [-0.2, -0.15) is 0 Å². The Balaban J connectivity index is 2.23. The Morgan fingerprint density at radius 2 is 2.00 bits per heavy atom. The lowest BCUT2D eigenvalue weighted by molar-refractivity contribution is -0.146. The fourth-order valence-electron chi connectivity index (χ4n) is 1.83. The normalized spacial score (nSPS) is 18.1. The first-order valence-corrected chi connectivity index (χ1v) is 6.20. The Morgan fingerprint density at radius 3 is 2.53 bits per heavy atom. The van der Waals surface area contributed by atoms with E-state index in [9.17, 15) is 9.59 Å².